The first-order valence-corrected chi connectivity index (χ1v) is 18.8. The van der Waals surface area contributed by atoms with Crippen molar-refractivity contribution in [1.29, 1.82) is 0 Å². The maximum atomic E-state index is 6.64. The quantitative estimate of drug-likeness (QED) is 0.181. The lowest BCUT2D eigenvalue weighted by Crippen LogP contribution is -2.15. The summed E-state index contributed by atoms with van der Waals surface area (Å²) in [4.78, 5) is 0. The van der Waals surface area contributed by atoms with Crippen LogP contribution in [0.2, 0.25) is 0 Å². The van der Waals surface area contributed by atoms with Crippen molar-refractivity contribution in [1.82, 2.24) is 9.13 Å². The van der Waals surface area contributed by atoms with E-state index in [1.54, 1.807) is 0 Å². The van der Waals surface area contributed by atoms with Crippen molar-refractivity contribution in [2.45, 2.75) is 19.3 Å². The molecule has 0 atom stereocenters. The van der Waals surface area contributed by atoms with E-state index >= 15 is 0 Å². The van der Waals surface area contributed by atoms with Crippen molar-refractivity contribution < 1.29 is 4.42 Å². The van der Waals surface area contributed by atoms with Crippen molar-refractivity contribution in [2.75, 3.05) is 0 Å². The van der Waals surface area contributed by atoms with Crippen LogP contribution in [0.5, 0.6) is 0 Å². The van der Waals surface area contributed by atoms with E-state index in [-0.39, 0.29) is 5.41 Å². The minimum Gasteiger partial charge on any atom is -0.455 e. The van der Waals surface area contributed by atoms with E-state index in [1.807, 2.05) is 6.07 Å². The van der Waals surface area contributed by atoms with Crippen LogP contribution in [0.4, 0.5) is 0 Å². The summed E-state index contributed by atoms with van der Waals surface area (Å²) in [7, 11) is 0. The van der Waals surface area contributed by atoms with Gasteiger partial charge in [-0.1, -0.05) is 135 Å². The van der Waals surface area contributed by atoms with Gasteiger partial charge >= 0.3 is 0 Å². The van der Waals surface area contributed by atoms with Crippen LogP contribution in [0.15, 0.2) is 174 Å². The highest BCUT2D eigenvalue weighted by Crippen LogP contribution is 2.53. The molecule has 0 N–H and O–H groups in total. The second kappa shape index (κ2) is 10.6. The predicted molar refractivity (Wildman–Crippen MR) is 225 cm³/mol. The maximum absolute atomic E-state index is 6.64. The Morgan fingerprint density at radius 3 is 1.61 bits per heavy atom. The van der Waals surface area contributed by atoms with Crippen LogP contribution in [0.1, 0.15) is 25.0 Å². The normalized spacial score (nSPS) is 13.5. The molecule has 0 bridgehead atoms. The fraction of sp³-hybridized carbons (Fsp3) is 0.0588. The summed E-state index contributed by atoms with van der Waals surface area (Å²) in [5.41, 5.74) is 16.6. The Balaban J connectivity index is 1.15. The first kappa shape index (κ1) is 29.7. The van der Waals surface area contributed by atoms with Gasteiger partial charge in [-0.2, -0.15) is 0 Å². The summed E-state index contributed by atoms with van der Waals surface area (Å²) in [5.74, 6) is 0. The van der Waals surface area contributed by atoms with Crippen LogP contribution in [-0.4, -0.2) is 9.13 Å². The second-order valence-electron chi connectivity index (χ2n) is 15.2. The zero-order chi connectivity index (χ0) is 35.7. The van der Waals surface area contributed by atoms with Gasteiger partial charge in [0.15, 0.2) is 0 Å². The molecule has 0 radical (unpaired) electrons. The Morgan fingerprint density at radius 2 is 0.907 bits per heavy atom. The van der Waals surface area contributed by atoms with Crippen LogP contribution in [0, 0.1) is 0 Å². The number of furan rings is 1. The van der Waals surface area contributed by atoms with Crippen LogP contribution in [0.25, 0.3) is 99.2 Å². The largest absolute Gasteiger partial charge is 0.455 e. The molecule has 3 heteroatoms. The summed E-state index contributed by atoms with van der Waals surface area (Å²) in [6.45, 7) is 4.77. The summed E-state index contributed by atoms with van der Waals surface area (Å²) in [5, 5.41) is 7.23. The first-order valence-electron chi connectivity index (χ1n) is 18.8. The molecule has 54 heavy (non-hydrogen) atoms. The van der Waals surface area contributed by atoms with Gasteiger partial charge in [0.2, 0.25) is 0 Å². The molecule has 12 rings (SSSR count). The molecule has 1 aliphatic rings. The van der Waals surface area contributed by atoms with Crippen molar-refractivity contribution in [2.24, 2.45) is 0 Å². The predicted octanol–water partition coefficient (Wildman–Crippen LogP) is 13.8. The number of hydrogen-bond donors (Lipinski definition) is 0. The van der Waals surface area contributed by atoms with Gasteiger partial charge in [-0.25, -0.2) is 0 Å². The van der Waals surface area contributed by atoms with Gasteiger partial charge in [-0.05, 0) is 70.8 Å². The molecular weight excluding hydrogens is 657 g/mol. The highest BCUT2D eigenvalue weighted by Gasteiger charge is 2.38. The van der Waals surface area contributed by atoms with Crippen LogP contribution in [-0.2, 0) is 5.41 Å². The summed E-state index contributed by atoms with van der Waals surface area (Å²) in [6.07, 6.45) is 0. The molecule has 0 saturated heterocycles. The molecule has 0 saturated carbocycles. The molecule has 0 amide bonds. The van der Waals surface area contributed by atoms with Crippen LogP contribution in [0.3, 0.4) is 0 Å². The number of para-hydroxylation sites is 5. The average molecular weight is 691 g/mol. The third kappa shape index (κ3) is 3.75. The zero-order valence-electron chi connectivity index (χ0n) is 30.0. The highest BCUT2D eigenvalue weighted by molar-refractivity contribution is 6.24. The molecular formula is C51H34N2O. The first-order chi connectivity index (χ1) is 26.6. The number of hydrogen-bond acceptors (Lipinski definition) is 1. The SMILES string of the molecule is CC1(C)c2ccccc2-c2ccc3c(c21)c1ccccc1n3-c1ccccc1-c1ccccc1-n1c2ccccc2c2c3oc4ccccc4c3ccc21. The van der Waals surface area contributed by atoms with Crippen molar-refractivity contribution in [3.8, 4) is 33.6 Å². The van der Waals surface area contributed by atoms with E-state index in [1.165, 1.54) is 60.6 Å². The molecule has 254 valence electrons. The second-order valence-corrected chi connectivity index (χ2v) is 15.2. The summed E-state index contributed by atoms with van der Waals surface area (Å²) in [6, 6.07) is 62.0. The molecule has 3 heterocycles. The lowest BCUT2D eigenvalue weighted by molar-refractivity contribution is 0.666. The summed E-state index contributed by atoms with van der Waals surface area (Å²) >= 11 is 0. The average Bonchev–Trinajstić information content (AvgIpc) is 3.93. The third-order valence-corrected chi connectivity index (χ3v) is 12.1. The molecule has 0 spiro atoms. The lowest BCUT2D eigenvalue weighted by atomic mass is 9.80. The van der Waals surface area contributed by atoms with E-state index in [4.69, 9.17) is 4.42 Å². The van der Waals surface area contributed by atoms with E-state index < -0.39 is 0 Å². The monoisotopic (exact) mass is 690 g/mol. The summed E-state index contributed by atoms with van der Waals surface area (Å²) < 4.78 is 11.6. The Bertz CT molecular complexity index is 3370. The minimum atomic E-state index is -0.131. The Hall–Kier alpha value is -6.84. The highest BCUT2D eigenvalue weighted by atomic mass is 16.3. The lowest BCUT2D eigenvalue weighted by Gasteiger charge is -2.23. The Kier molecular flexibility index (Phi) is 5.84. The molecule has 0 fully saturated rings. The van der Waals surface area contributed by atoms with E-state index in [2.05, 4.69) is 187 Å². The Labute approximate surface area is 311 Å². The van der Waals surface area contributed by atoms with E-state index in [0.29, 0.717) is 0 Å². The maximum Gasteiger partial charge on any atom is 0.145 e. The van der Waals surface area contributed by atoms with Crippen molar-refractivity contribution in [3.05, 3.63) is 181 Å². The Morgan fingerprint density at radius 1 is 0.389 bits per heavy atom. The molecule has 11 aromatic rings. The van der Waals surface area contributed by atoms with Crippen molar-refractivity contribution >= 4 is 65.6 Å². The number of rotatable bonds is 3. The van der Waals surface area contributed by atoms with E-state index in [9.17, 15) is 0 Å². The standard InChI is InChI=1S/C51H34N2O/c1-51(2)39-21-9-3-15-31(39)35-27-29-44-47(49(35)51)37-19-6-12-24-42(37)52(44)40-22-10-4-16-32(40)33-17-5-11-23-41(33)53-43-25-13-7-20-38(43)48-45(53)30-28-36-34-18-8-14-26-46(34)54-50(36)48/h3-30H,1-2H3. The number of aromatic nitrogens is 2. The van der Waals surface area contributed by atoms with Gasteiger partial charge in [0, 0.05) is 43.5 Å². The third-order valence-electron chi connectivity index (χ3n) is 12.1. The van der Waals surface area contributed by atoms with Gasteiger partial charge in [0.25, 0.3) is 0 Å². The van der Waals surface area contributed by atoms with Gasteiger partial charge in [0.1, 0.15) is 11.2 Å². The fourth-order valence-electron chi connectivity index (χ4n) is 9.88. The van der Waals surface area contributed by atoms with Gasteiger partial charge in [-0.15, -0.1) is 0 Å². The zero-order valence-corrected chi connectivity index (χ0v) is 30.0. The van der Waals surface area contributed by atoms with E-state index in [0.717, 1.165) is 49.7 Å². The van der Waals surface area contributed by atoms with Crippen LogP contribution >= 0.6 is 0 Å². The molecule has 0 unspecified atom stereocenters. The van der Waals surface area contributed by atoms with Crippen LogP contribution < -0.4 is 0 Å². The molecule has 1 aliphatic carbocycles. The smallest absolute Gasteiger partial charge is 0.145 e. The molecule has 0 aliphatic heterocycles. The minimum absolute atomic E-state index is 0.131. The number of fused-ring (bicyclic) bond motifs is 14. The molecule has 3 nitrogen and oxygen atoms in total. The number of nitrogens with zero attached hydrogens (tertiary/aromatic N) is 2. The molecule has 3 aromatic heterocycles. The van der Waals surface area contributed by atoms with Gasteiger partial charge < -0.3 is 13.6 Å². The van der Waals surface area contributed by atoms with Gasteiger partial charge in [-0.3, -0.25) is 0 Å². The number of benzene rings is 8. The fourth-order valence-corrected chi connectivity index (χ4v) is 9.88. The topological polar surface area (TPSA) is 23.0 Å². The molecule has 8 aromatic carbocycles. The van der Waals surface area contributed by atoms with Crippen molar-refractivity contribution in [3.63, 3.8) is 0 Å². The van der Waals surface area contributed by atoms with Gasteiger partial charge in [0.05, 0.1) is 38.8 Å².